The van der Waals surface area contributed by atoms with Crippen molar-refractivity contribution in [2.24, 2.45) is 0 Å². The van der Waals surface area contributed by atoms with E-state index < -0.39 is 12.1 Å². The van der Waals surface area contributed by atoms with Crippen molar-refractivity contribution in [3.63, 3.8) is 0 Å². The molecule has 0 aliphatic carbocycles. The Kier molecular flexibility index (Phi) is 51.1. The lowest BCUT2D eigenvalue weighted by Crippen LogP contribution is -2.45. The number of aliphatic hydroxyl groups is 2. The van der Waals surface area contributed by atoms with Gasteiger partial charge in [-0.15, -0.1) is 0 Å². The van der Waals surface area contributed by atoms with Gasteiger partial charge in [0.2, 0.25) is 5.91 Å². The Bertz CT molecular complexity index is 1020. The van der Waals surface area contributed by atoms with Gasteiger partial charge in [0.05, 0.1) is 25.4 Å². The molecule has 0 aliphatic heterocycles. The first-order valence-corrected chi connectivity index (χ1v) is 27.8. The van der Waals surface area contributed by atoms with Crippen molar-refractivity contribution in [3.8, 4) is 0 Å². The predicted octanol–water partition coefficient (Wildman–Crippen LogP) is 16.9. The van der Waals surface area contributed by atoms with Gasteiger partial charge in [-0.2, -0.15) is 0 Å². The molecule has 0 rings (SSSR count). The summed E-state index contributed by atoms with van der Waals surface area (Å²) in [7, 11) is 0. The van der Waals surface area contributed by atoms with Gasteiger partial charge in [0.25, 0.3) is 0 Å². The third-order valence-electron chi connectivity index (χ3n) is 12.7. The summed E-state index contributed by atoms with van der Waals surface area (Å²) in [5.74, 6) is -0.0868. The van der Waals surface area contributed by atoms with Crippen LogP contribution in [0.3, 0.4) is 0 Å². The number of unbranched alkanes of at least 4 members (excludes halogenated alkanes) is 35. The predicted molar refractivity (Wildman–Crippen MR) is 273 cm³/mol. The van der Waals surface area contributed by atoms with Gasteiger partial charge >= 0.3 is 5.97 Å². The Balaban J connectivity index is 3.53. The molecule has 0 spiro atoms. The number of aliphatic hydroxyl groups excluding tert-OH is 2. The zero-order valence-corrected chi connectivity index (χ0v) is 42.1. The van der Waals surface area contributed by atoms with E-state index in [1.54, 1.807) is 0 Å². The molecule has 6 heteroatoms. The molecule has 0 fully saturated rings. The summed E-state index contributed by atoms with van der Waals surface area (Å²) in [6.07, 6.45) is 64.1. The van der Waals surface area contributed by atoms with Gasteiger partial charge in [-0.05, 0) is 83.5 Å². The van der Waals surface area contributed by atoms with Crippen LogP contribution in [-0.2, 0) is 14.3 Å². The van der Waals surface area contributed by atoms with Gasteiger partial charge in [0, 0.05) is 12.8 Å². The fourth-order valence-electron chi connectivity index (χ4n) is 8.39. The zero-order valence-electron chi connectivity index (χ0n) is 42.1. The zero-order chi connectivity index (χ0) is 45.8. The highest BCUT2D eigenvalue weighted by Crippen LogP contribution is 2.16. The van der Waals surface area contributed by atoms with Crippen molar-refractivity contribution >= 4 is 11.9 Å². The molecule has 1 amide bonds. The molecule has 0 heterocycles. The molecular formula is C57H107NO5. The van der Waals surface area contributed by atoms with E-state index in [1.165, 1.54) is 180 Å². The van der Waals surface area contributed by atoms with Crippen LogP contribution in [0.25, 0.3) is 0 Å². The molecule has 2 atom stereocenters. The molecule has 0 radical (unpaired) electrons. The number of esters is 1. The van der Waals surface area contributed by atoms with E-state index >= 15 is 0 Å². The smallest absolute Gasteiger partial charge is 0.305 e. The Morgan fingerprint density at radius 1 is 0.444 bits per heavy atom. The van der Waals surface area contributed by atoms with Crippen LogP contribution in [0.15, 0.2) is 36.5 Å². The number of nitrogens with one attached hydrogen (secondary N) is 1. The molecule has 0 aromatic rings. The van der Waals surface area contributed by atoms with Crippen molar-refractivity contribution in [2.45, 2.75) is 302 Å². The third-order valence-corrected chi connectivity index (χ3v) is 12.7. The Hall–Kier alpha value is -1.92. The first kappa shape index (κ1) is 61.1. The molecule has 0 saturated heterocycles. The van der Waals surface area contributed by atoms with Gasteiger partial charge < -0.3 is 20.3 Å². The molecule has 63 heavy (non-hydrogen) atoms. The van der Waals surface area contributed by atoms with Crippen LogP contribution in [0, 0.1) is 0 Å². The number of hydrogen-bond donors (Lipinski definition) is 3. The molecule has 0 aromatic carbocycles. The topological polar surface area (TPSA) is 95.9 Å². The average molecular weight is 886 g/mol. The number of allylic oxidation sites excluding steroid dienone is 6. The van der Waals surface area contributed by atoms with Gasteiger partial charge in [-0.1, -0.05) is 230 Å². The van der Waals surface area contributed by atoms with Crippen molar-refractivity contribution in [3.05, 3.63) is 36.5 Å². The summed E-state index contributed by atoms with van der Waals surface area (Å²) in [5, 5.41) is 23.2. The highest BCUT2D eigenvalue weighted by atomic mass is 16.5. The van der Waals surface area contributed by atoms with Crippen molar-refractivity contribution < 1.29 is 24.5 Å². The van der Waals surface area contributed by atoms with E-state index in [-0.39, 0.29) is 18.5 Å². The summed E-state index contributed by atoms with van der Waals surface area (Å²) >= 11 is 0. The molecule has 0 aliphatic rings. The van der Waals surface area contributed by atoms with Gasteiger partial charge in [0.15, 0.2) is 0 Å². The number of ether oxygens (including phenoxy) is 1. The first-order chi connectivity index (χ1) is 31.0. The van der Waals surface area contributed by atoms with E-state index in [9.17, 15) is 19.8 Å². The Labute approximate surface area is 392 Å². The second-order valence-corrected chi connectivity index (χ2v) is 18.9. The third kappa shape index (κ3) is 49.4. The van der Waals surface area contributed by atoms with Crippen molar-refractivity contribution in [1.29, 1.82) is 0 Å². The monoisotopic (exact) mass is 886 g/mol. The minimum atomic E-state index is -0.679. The van der Waals surface area contributed by atoms with Crippen LogP contribution >= 0.6 is 0 Å². The largest absolute Gasteiger partial charge is 0.466 e. The van der Waals surface area contributed by atoms with E-state index in [2.05, 4.69) is 55.6 Å². The van der Waals surface area contributed by atoms with Gasteiger partial charge in [0.1, 0.15) is 0 Å². The number of carbonyl (C=O) groups excluding carboxylic acids is 2. The van der Waals surface area contributed by atoms with Crippen LogP contribution in [0.2, 0.25) is 0 Å². The highest BCUT2D eigenvalue weighted by Gasteiger charge is 2.20. The summed E-state index contributed by atoms with van der Waals surface area (Å²) in [5.41, 5.74) is 0. The molecular weight excluding hydrogens is 779 g/mol. The van der Waals surface area contributed by atoms with E-state index in [0.29, 0.717) is 25.9 Å². The lowest BCUT2D eigenvalue weighted by Gasteiger charge is -2.22. The molecule has 370 valence electrons. The van der Waals surface area contributed by atoms with Crippen LogP contribution in [-0.4, -0.2) is 47.4 Å². The lowest BCUT2D eigenvalue weighted by molar-refractivity contribution is -0.143. The van der Waals surface area contributed by atoms with Crippen LogP contribution in [0.4, 0.5) is 0 Å². The fourth-order valence-corrected chi connectivity index (χ4v) is 8.39. The minimum absolute atomic E-state index is 0.0297. The average Bonchev–Trinajstić information content (AvgIpc) is 3.28. The maximum absolute atomic E-state index is 12.5. The first-order valence-electron chi connectivity index (χ1n) is 27.8. The van der Waals surface area contributed by atoms with Crippen molar-refractivity contribution in [2.75, 3.05) is 13.2 Å². The molecule has 0 saturated carbocycles. The number of amides is 1. The molecule has 0 aromatic heterocycles. The molecule has 2 unspecified atom stereocenters. The minimum Gasteiger partial charge on any atom is -0.466 e. The summed E-state index contributed by atoms with van der Waals surface area (Å²) in [6.45, 7) is 4.89. The maximum atomic E-state index is 12.5. The van der Waals surface area contributed by atoms with Crippen LogP contribution < -0.4 is 5.32 Å². The van der Waals surface area contributed by atoms with Gasteiger partial charge in [-0.3, -0.25) is 9.59 Å². The van der Waals surface area contributed by atoms with Crippen molar-refractivity contribution in [1.82, 2.24) is 5.32 Å². The van der Waals surface area contributed by atoms with Crippen LogP contribution in [0.1, 0.15) is 290 Å². The standard InChI is InChI=1S/C57H107NO5/c1-3-5-7-9-11-13-15-17-19-22-25-29-33-37-41-45-49-55(60)54(53-59)58-56(61)50-46-42-38-34-30-26-23-20-24-28-32-36-40-44-48-52-63-57(62)51-47-43-39-35-31-27-21-18-16-14-12-10-8-6-4-2/h18,20-21,24,28,32,54-55,59-60H,3-17,19,22-23,25-27,29-31,33-53H2,1-2H3,(H,58,61)/b21-18-,24-20-,32-28-. The Morgan fingerprint density at radius 3 is 1.22 bits per heavy atom. The number of rotatable bonds is 51. The SMILES string of the molecule is CCCCCCCC/C=C\CCCCCCCC(=O)OCCCCC/C=C\C=C/CCCCCCCCC(=O)NC(CO)C(O)CCCCCCCCCCCCCCCCCC. The molecule has 3 N–H and O–H groups in total. The molecule has 6 nitrogen and oxygen atoms in total. The second-order valence-electron chi connectivity index (χ2n) is 18.9. The summed E-state index contributed by atoms with van der Waals surface area (Å²) in [6, 6.07) is -0.558. The number of hydrogen-bond acceptors (Lipinski definition) is 5. The summed E-state index contributed by atoms with van der Waals surface area (Å²) < 4.78 is 5.44. The van der Waals surface area contributed by atoms with Gasteiger partial charge in [-0.25, -0.2) is 0 Å². The van der Waals surface area contributed by atoms with E-state index in [1.807, 2.05) is 0 Å². The maximum Gasteiger partial charge on any atom is 0.305 e. The molecule has 0 bridgehead atoms. The normalized spacial score (nSPS) is 12.9. The van der Waals surface area contributed by atoms with E-state index in [4.69, 9.17) is 4.74 Å². The number of carbonyl (C=O) groups is 2. The quantitative estimate of drug-likeness (QED) is 0.0245. The highest BCUT2D eigenvalue weighted by molar-refractivity contribution is 5.76. The fraction of sp³-hybridized carbons (Fsp3) is 0.860. The lowest BCUT2D eigenvalue weighted by atomic mass is 10.0. The Morgan fingerprint density at radius 2 is 0.794 bits per heavy atom. The van der Waals surface area contributed by atoms with Crippen LogP contribution in [0.5, 0.6) is 0 Å². The second kappa shape index (κ2) is 52.7. The summed E-state index contributed by atoms with van der Waals surface area (Å²) in [4.78, 5) is 24.5. The van der Waals surface area contributed by atoms with E-state index in [0.717, 1.165) is 77.0 Å².